The van der Waals surface area contributed by atoms with Crippen molar-refractivity contribution < 1.29 is 14.7 Å². The predicted octanol–water partition coefficient (Wildman–Crippen LogP) is 0.549. The molecule has 0 fully saturated rings. The highest BCUT2D eigenvalue weighted by molar-refractivity contribution is 9.18. The molecule has 4 heteroatoms. The third-order valence-corrected chi connectivity index (χ3v) is 0.621. The van der Waals surface area contributed by atoms with E-state index in [1.165, 1.54) is 0 Å². The molecule has 0 unspecified atom stereocenters. The minimum atomic E-state index is -1.13. The second-order valence-corrected chi connectivity index (χ2v) is 1.76. The third-order valence-electron chi connectivity index (χ3n) is 0.357. The van der Waals surface area contributed by atoms with Crippen LogP contribution in [-0.4, -0.2) is 15.8 Å². The summed E-state index contributed by atoms with van der Waals surface area (Å²) in [5.74, 6) is -1.13. The Morgan fingerprint density at radius 2 is 1.88 bits per heavy atom. The molecule has 0 heterocycles. The number of carboxylic acid groups (broad SMARTS) is 1. The highest BCUT2D eigenvalue weighted by atomic mass is 79.9. The molecule has 0 aromatic heterocycles. The average molecular weight is 179 g/mol. The van der Waals surface area contributed by atoms with Crippen molar-refractivity contribution in [3.63, 3.8) is 0 Å². The first-order valence-electron chi connectivity index (χ1n) is 1.73. The van der Waals surface area contributed by atoms with Gasteiger partial charge in [-0.3, -0.25) is 4.79 Å². The number of carbonyl (C=O) groups excluding carboxylic acids is 1. The molecule has 0 bridgehead atoms. The van der Waals surface area contributed by atoms with Crippen LogP contribution in [0.25, 0.3) is 0 Å². The lowest BCUT2D eigenvalue weighted by Crippen LogP contribution is -1.87. The smallest absolute Gasteiger partial charge is 0.328 e. The summed E-state index contributed by atoms with van der Waals surface area (Å²) >= 11 is 2.51. The SMILES string of the molecule is O=C(O)/C=C\C(=O)Br. The van der Waals surface area contributed by atoms with Gasteiger partial charge in [-0.25, -0.2) is 4.79 Å². The van der Waals surface area contributed by atoms with E-state index >= 15 is 0 Å². The average Bonchev–Trinajstić information content (AvgIpc) is 1.61. The Morgan fingerprint density at radius 3 is 2.00 bits per heavy atom. The predicted molar refractivity (Wildman–Crippen MR) is 30.7 cm³/mol. The molecule has 0 amide bonds. The van der Waals surface area contributed by atoms with Crippen molar-refractivity contribution in [1.82, 2.24) is 0 Å². The van der Waals surface area contributed by atoms with Crippen molar-refractivity contribution in [2.75, 3.05) is 0 Å². The second kappa shape index (κ2) is 3.37. The molecule has 0 aliphatic heterocycles. The number of hydrogen-bond acceptors (Lipinski definition) is 2. The second-order valence-electron chi connectivity index (χ2n) is 0.976. The fourth-order valence-electron chi connectivity index (χ4n) is 0.137. The number of carboxylic acids is 1. The van der Waals surface area contributed by atoms with E-state index < -0.39 is 10.7 Å². The summed E-state index contributed by atoms with van der Waals surface area (Å²) in [4.78, 5) is 19.6. The van der Waals surface area contributed by atoms with E-state index in [0.29, 0.717) is 0 Å². The molecular weight excluding hydrogens is 176 g/mol. The normalized spacial score (nSPS) is 9.62. The number of aliphatic carboxylic acids is 1. The maximum atomic E-state index is 9.91. The van der Waals surface area contributed by atoms with E-state index in [4.69, 9.17) is 5.11 Å². The molecule has 0 aliphatic rings. The summed E-state index contributed by atoms with van der Waals surface area (Å²) in [5, 5.41) is 7.90. The van der Waals surface area contributed by atoms with Crippen LogP contribution in [0.2, 0.25) is 0 Å². The monoisotopic (exact) mass is 178 g/mol. The highest BCUT2D eigenvalue weighted by Gasteiger charge is 1.87. The molecule has 0 atom stereocenters. The van der Waals surface area contributed by atoms with Crippen LogP contribution < -0.4 is 0 Å². The van der Waals surface area contributed by atoms with Gasteiger partial charge in [-0.15, -0.1) is 0 Å². The number of halogens is 1. The first kappa shape index (κ1) is 7.36. The Kier molecular flexibility index (Phi) is 3.10. The Hall–Kier alpha value is -0.640. The van der Waals surface area contributed by atoms with Gasteiger partial charge < -0.3 is 5.11 Å². The number of rotatable bonds is 2. The van der Waals surface area contributed by atoms with Crippen LogP contribution in [0.5, 0.6) is 0 Å². The van der Waals surface area contributed by atoms with Gasteiger partial charge in [0.15, 0.2) is 0 Å². The lowest BCUT2D eigenvalue weighted by atomic mass is 10.5. The summed E-state index contributed by atoms with van der Waals surface area (Å²) in [6.07, 6.45) is 1.68. The van der Waals surface area contributed by atoms with Crippen molar-refractivity contribution in [3.8, 4) is 0 Å². The Labute approximate surface area is 54.1 Å². The van der Waals surface area contributed by atoms with Crippen molar-refractivity contribution >= 4 is 26.6 Å². The van der Waals surface area contributed by atoms with Crippen LogP contribution in [0.3, 0.4) is 0 Å². The molecule has 1 N–H and O–H groups in total. The zero-order valence-electron chi connectivity index (χ0n) is 3.80. The summed E-state index contributed by atoms with van der Waals surface area (Å²) in [6.45, 7) is 0. The molecule has 0 saturated carbocycles. The molecule has 0 aromatic rings. The van der Waals surface area contributed by atoms with Crippen molar-refractivity contribution in [2.24, 2.45) is 0 Å². The van der Waals surface area contributed by atoms with E-state index in [2.05, 4.69) is 15.9 Å². The maximum Gasteiger partial charge on any atom is 0.328 e. The van der Waals surface area contributed by atoms with Crippen LogP contribution in [0, 0.1) is 0 Å². The van der Waals surface area contributed by atoms with Gasteiger partial charge in [-0.1, -0.05) is 0 Å². The Bertz CT molecular complexity index is 122. The molecule has 8 heavy (non-hydrogen) atoms. The van der Waals surface area contributed by atoms with Crippen molar-refractivity contribution in [3.05, 3.63) is 12.2 Å². The van der Waals surface area contributed by atoms with E-state index in [1.54, 1.807) is 0 Å². The number of carbonyl (C=O) groups is 2. The van der Waals surface area contributed by atoms with Crippen LogP contribution in [-0.2, 0) is 9.59 Å². The van der Waals surface area contributed by atoms with Crippen LogP contribution in [0.1, 0.15) is 0 Å². The minimum absolute atomic E-state index is 0.445. The molecule has 3 nitrogen and oxygen atoms in total. The van der Waals surface area contributed by atoms with E-state index in [-0.39, 0.29) is 0 Å². The molecule has 0 radical (unpaired) electrons. The van der Waals surface area contributed by atoms with E-state index in [0.717, 1.165) is 12.2 Å². The van der Waals surface area contributed by atoms with Gasteiger partial charge >= 0.3 is 5.97 Å². The maximum absolute atomic E-state index is 9.91. The van der Waals surface area contributed by atoms with Gasteiger partial charge in [0.25, 0.3) is 0 Å². The van der Waals surface area contributed by atoms with Gasteiger partial charge in [0.1, 0.15) is 0 Å². The lowest BCUT2D eigenvalue weighted by molar-refractivity contribution is -0.131. The first-order chi connectivity index (χ1) is 3.63. The summed E-state index contributed by atoms with van der Waals surface area (Å²) in [7, 11) is 0. The van der Waals surface area contributed by atoms with Gasteiger partial charge in [0.2, 0.25) is 4.69 Å². The standard InChI is InChI=1S/C4H3BrO3/c5-3(6)1-2-4(7)8/h1-2H,(H,7,8)/b2-1-. The summed E-state index contributed by atoms with van der Waals surface area (Å²) in [5.41, 5.74) is 0. The molecular formula is C4H3BrO3. The van der Waals surface area contributed by atoms with E-state index in [9.17, 15) is 9.59 Å². The first-order valence-corrected chi connectivity index (χ1v) is 2.52. The van der Waals surface area contributed by atoms with Crippen molar-refractivity contribution in [2.45, 2.75) is 0 Å². The lowest BCUT2D eigenvalue weighted by Gasteiger charge is -1.73. The Balaban J connectivity index is 3.67. The summed E-state index contributed by atoms with van der Waals surface area (Å²) < 4.78 is -0.445. The van der Waals surface area contributed by atoms with Gasteiger partial charge in [0.05, 0.1) is 0 Å². The largest absolute Gasteiger partial charge is 0.478 e. The fourth-order valence-corrected chi connectivity index (χ4v) is 0.269. The van der Waals surface area contributed by atoms with Crippen LogP contribution in [0.4, 0.5) is 0 Å². The van der Waals surface area contributed by atoms with E-state index in [1.807, 2.05) is 0 Å². The molecule has 0 rings (SSSR count). The molecule has 0 saturated heterocycles. The third kappa shape index (κ3) is 5.36. The number of allylic oxidation sites excluding steroid dienone is 1. The van der Waals surface area contributed by atoms with Gasteiger partial charge in [-0.05, 0) is 22.0 Å². The summed E-state index contributed by atoms with van der Waals surface area (Å²) in [6, 6.07) is 0. The van der Waals surface area contributed by atoms with Crippen LogP contribution in [0.15, 0.2) is 12.2 Å². The van der Waals surface area contributed by atoms with Crippen molar-refractivity contribution in [1.29, 1.82) is 0 Å². The molecule has 0 aromatic carbocycles. The highest BCUT2D eigenvalue weighted by Crippen LogP contribution is 1.84. The fraction of sp³-hybridized carbons (Fsp3) is 0. The zero-order chi connectivity index (χ0) is 6.57. The molecule has 0 aliphatic carbocycles. The van der Waals surface area contributed by atoms with Gasteiger partial charge in [-0.2, -0.15) is 0 Å². The molecule has 44 valence electrons. The molecule has 0 spiro atoms. The van der Waals surface area contributed by atoms with Crippen LogP contribution >= 0.6 is 15.9 Å². The quantitative estimate of drug-likeness (QED) is 0.497. The van der Waals surface area contributed by atoms with Gasteiger partial charge in [0, 0.05) is 6.08 Å². The Morgan fingerprint density at radius 1 is 1.38 bits per heavy atom. The topological polar surface area (TPSA) is 54.4 Å². The minimum Gasteiger partial charge on any atom is -0.478 e. The number of hydrogen-bond donors (Lipinski definition) is 1. The zero-order valence-corrected chi connectivity index (χ0v) is 5.38.